The van der Waals surface area contributed by atoms with Crippen molar-refractivity contribution in [3.05, 3.63) is 0 Å². The highest BCUT2D eigenvalue weighted by atomic mass is 16.2. The lowest BCUT2D eigenvalue weighted by Gasteiger charge is -2.42. The molecule has 0 radical (unpaired) electrons. The van der Waals surface area contributed by atoms with E-state index in [1.807, 2.05) is 0 Å². The zero-order valence-electron chi connectivity index (χ0n) is 15.0. The van der Waals surface area contributed by atoms with Crippen LogP contribution in [0.4, 0.5) is 0 Å². The van der Waals surface area contributed by atoms with Gasteiger partial charge in [-0.25, -0.2) is 0 Å². The summed E-state index contributed by atoms with van der Waals surface area (Å²) in [6.07, 6.45) is 16.5. The first-order valence-electron chi connectivity index (χ1n) is 10.4. The fraction of sp³-hybridized carbons (Fsp3) is 1.00. The summed E-state index contributed by atoms with van der Waals surface area (Å²) in [7, 11) is 0. The Hall–Kier alpha value is -0.120. The van der Waals surface area contributed by atoms with Crippen LogP contribution in [0.3, 0.4) is 0 Å². The minimum Gasteiger partial charge on any atom is -0.396 e. The van der Waals surface area contributed by atoms with Gasteiger partial charge >= 0.3 is 0 Å². The van der Waals surface area contributed by atoms with Crippen molar-refractivity contribution in [3.8, 4) is 0 Å². The maximum absolute atomic E-state index is 9.18. The maximum atomic E-state index is 9.18. The molecule has 0 aromatic heterocycles. The molecule has 0 spiro atoms. The molecule has 2 saturated carbocycles. The van der Waals surface area contributed by atoms with Gasteiger partial charge in [-0.15, -0.1) is 0 Å². The van der Waals surface area contributed by atoms with E-state index in [0.29, 0.717) is 12.6 Å². The predicted molar refractivity (Wildman–Crippen MR) is 96.6 cm³/mol. The summed E-state index contributed by atoms with van der Waals surface area (Å²) >= 11 is 0. The Kier molecular flexibility index (Phi) is 7.22. The van der Waals surface area contributed by atoms with Crippen LogP contribution in [0.15, 0.2) is 0 Å². The number of piperidine rings is 1. The topological polar surface area (TPSA) is 35.5 Å². The number of hydrogen-bond acceptors (Lipinski definition) is 3. The third-order valence-electron chi connectivity index (χ3n) is 6.60. The van der Waals surface area contributed by atoms with Crippen LogP contribution in [-0.2, 0) is 0 Å². The van der Waals surface area contributed by atoms with Crippen molar-refractivity contribution >= 4 is 0 Å². The number of likely N-dealkylation sites (tertiary alicyclic amines) is 1. The Morgan fingerprint density at radius 1 is 0.870 bits per heavy atom. The normalized spacial score (nSPS) is 31.7. The minimum atomic E-state index is 0.361. The minimum absolute atomic E-state index is 0.361. The molecule has 0 bridgehead atoms. The molecular formula is C20H38N2O. The van der Waals surface area contributed by atoms with E-state index in [1.54, 1.807) is 0 Å². The molecule has 3 aliphatic rings. The van der Waals surface area contributed by atoms with Gasteiger partial charge in [-0.2, -0.15) is 0 Å². The quantitative estimate of drug-likeness (QED) is 0.752. The standard InChI is InChI=1S/C20H38N2O/c23-12-6-9-18-13-19(21-14-17-7-2-1-3-8-17)16-22(15-18)20-10-4-5-11-20/h17-21,23H,1-16H2. The summed E-state index contributed by atoms with van der Waals surface area (Å²) in [6.45, 7) is 4.16. The lowest BCUT2D eigenvalue weighted by atomic mass is 9.87. The van der Waals surface area contributed by atoms with Gasteiger partial charge in [0, 0.05) is 31.8 Å². The molecule has 23 heavy (non-hydrogen) atoms. The van der Waals surface area contributed by atoms with Gasteiger partial charge in [-0.3, -0.25) is 4.90 Å². The van der Waals surface area contributed by atoms with Crippen LogP contribution in [0.1, 0.15) is 77.0 Å². The molecule has 2 atom stereocenters. The molecule has 3 rings (SSSR count). The molecule has 134 valence electrons. The first kappa shape index (κ1) is 17.7. The van der Waals surface area contributed by atoms with Gasteiger partial charge in [0.05, 0.1) is 0 Å². The highest BCUT2D eigenvalue weighted by Crippen LogP contribution is 2.30. The second kappa shape index (κ2) is 9.39. The third-order valence-corrected chi connectivity index (χ3v) is 6.60. The molecule has 0 amide bonds. The molecule has 1 aliphatic heterocycles. The van der Waals surface area contributed by atoms with Crippen LogP contribution in [-0.4, -0.2) is 48.3 Å². The average molecular weight is 323 g/mol. The molecule has 0 aromatic rings. The van der Waals surface area contributed by atoms with E-state index >= 15 is 0 Å². The van der Waals surface area contributed by atoms with Gasteiger partial charge in [0.15, 0.2) is 0 Å². The number of rotatable bonds is 7. The van der Waals surface area contributed by atoms with Crippen molar-refractivity contribution in [2.45, 2.75) is 89.1 Å². The molecule has 2 N–H and O–H groups in total. The molecule has 3 heteroatoms. The Labute approximate surface area is 143 Å². The third kappa shape index (κ3) is 5.44. The lowest BCUT2D eigenvalue weighted by molar-refractivity contribution is 0.0894. The number of nitrogens with one attached hydrogen (secondary N) is 1. The second-order valence-corrected chi connectivity index (χ2v) is 8.47. The first-order valence-corrected chi connectivity index (χ1v) is 10.4. The van der Waals surface area contributed by atoms with E-state index in [4.69, 9.17) is 0 Å². The monoisotopic (exact) mass is 322 g/mol. The lowest BCUT2D eigenvalue weighted by Crippen LogP contribution is -2.52. The molecule has 3 nitrogen and oxygen atoms in total. The van der Waals surface area contributed by atoms with Gasteiger partial charge in [0.2, 0.25) is 0 Å². The van der Waals surface area contributed by atoms with Crippen LogP contribution in [0.25, 0.3) is 0 Å². The van der Waals surface area contributed by atoms with Gasteiger partial charge < -0.3 is 10.4 Å². The smallest absolute Gasteiger partial charge is 0.0431 e. The summed E-state index contributed by atoms with van der Waals surface area (Å²) in [6, 6.07) is 1.54. The van der Waals surface area contributed by atoms with Crippen LogP contribution in [0, 0.1) is 11.8 Å². The van der Waals surface area contributed by atoms with Gasteiger partial charge in [0.25, 0.3) is 0 Å². The molecule has 0 aromatic carbocycles. The zero-order chi connectivity index (χ0) is 15.9. The largest absolute Gasteiger partial charge is 0.396 e. The van der Waals surface area contributed by atoms with Crippen LogP contribution >= 0.6 is 0 Å². The van der Waals surface area contributed by atoms with E-state index in [2.05, 4.69) is 10.2 Å². The molecule has 3 fully saturated rings. The zero-order valence-corrected chi connectivity index (χ0v) is 15.0. The number of nitrogens with zero attached hydrogens (tertiary/aromatic N) is 1. The van der Waals surface area contributed by atoms with Crippen molar-refractivity contribution in [1.29, 1.82) is 0 Å². The highest BCUT2D eigenvalue weighted by Gasteiger charge is 2.32. The Morgan fingerprint density at radius 2 is 1.61 bits per heavy atom. The molecule has 2 unspecified atom stereocenters. The highest BCUT2D eigenvalue weighted by molar-refractivity contribution is 4.89. The van der Waals surface area contributed by atoms with Crippen molar-refractivity contribution in [3.63, 3.8) is 0 Å². The molecule has 1 heterocycles. The summed E-state index contributed by atoms with van der Waals surface area (Å²) < 4.78 is 0. The summed E-state index contributed by atoms with van der Waals surface area (Å²) in [5, 5.41) is 13.1. The van der Waals surface area contributed by atoms with Crippen molar-refractivity contribution < 1.29 is 5.11 Å². The van der Waals surface area contributed by atoms with Crippen LogP contribution in [0.5, 0.6) is 0 Å². The summed E-state index contributed by atoms with van der Waals surface area (Å²) in [4.78, 5) is 2.80. The van der Waals surface area contributed by atoms with Gasteiger partial charge in [-0.1, -0.05) is 32.1 Å². The van der Waals surface area contributed by atoms with Crippen LogP contribution in [0.2, 0.25) is 0 Å². The fourth-order valence-corrected chi connectivity index (χ4v) is 5.27. The summed E-state index contributed by atoms with van der Waals surface area (Å²) in [5.74, 6) is 1.72. The van der Waals surface area contributed by atoms with E-state index in [-0.39, 0.29) is 0 Å². The van der Waals surface area contributed by atoms with Crippen molar-refractivity contribution in [2.75, 3.05) is 26.2 Å². The summed E-state index contributed by atoms with van der Waals surface area (Å²) in [5.41, 5.74) is 0. The maximum Gasteiger partial charge on any atom is 0.0431 e. The van der Waals surface area contributed by atoms with Crippen molar-refractivity contribution in [1.82, 2.24) is 10.2 Å². The molecule has 2 aliphatic carbocycles. The first-order chi connectivity index (χ1) is 11.3. The number of aliphatic hydroxyl groups is 1. The fourth-order valence-electron chi connectivity index (χ4n) is 5.27. The SMILES string of the molecule is OCCCC1CC(NCC2CCCCC2)CN(C2CCCC2)C1. The Morgan fingerprint density at radius 3 is 2.35 bits per heavy atom. The Bertz CT molecular complexity index is 324. The van der Waals surface area contributed by atoms with E-state index in [9.17, 15) is 5.11 Å². The second-order valence-electron chi connectivity index (χ2n) is 8.47. The number of hydrogen-bond donors (Lipinski definition) is 2. The molecular weight excluding hydrogens is 284 g/mol. The van der Waals surface area contributed by atoms with Crippen molar-refractivity contribution in [2.24, 2.45) is 11.8 Å². The van der Waals surface area contributed by atoms with Gasteiger partial charge in [0.1, 0.15) is 0 Å². The predicted octanol–water partition coefficient (Wildman–Crippen LogP) is 3.56. The van der Waals surface area contributed by atoms with Crippen LogP contribution < -0.4 is 5.32 Å². The average Bonchev–Trinajstić information content (AvgIpc) is 3.14. The van der Waals surface area contributed by atoms with E-state index < -0.39 is 0 Å². The van der Waals surface area contributed by atoms with Gasteiger partial charge in [-0.05, 0) is 63.3 Å². The number of aliphatic hydroxyl groups excluding tert-OH is 1. The Balaban J connectivity index is 1.49. The molecule has 1 saturated heterocycles. The van der Waals surface area contributed by atoms with E-state index in [1.165, 1.54) is 90.3 Å². The van der Waals surface area contributed by atoms with E-state index in [0.717, 1.165) is 24.3 Å².